The number of aliphatic carboxylic acids is 1. The topological polar surface area (TPSA) is 40.5 Å². The number of nitrogens with zero attached hydrogens (tertiary/aromatic N) is 1. The van der Waals surface area contributed by atoms with Crippen LogP contribution in [0.5, 0.6) is 0 Å². The molecule has 1 aromatic rings. The molecule has 0 saturated carbocycles. The summed E-state index contributed by atoms with van der Waals surface area (Å²) in [5.41, 5.74) is 2.52. The predicted molar refractivity (Wildman–Crippen MR) is 77.6 cm³/mol. The molecule has 1 saturated heterocycles. The van der Waals surface area contributed by atoms with E-state index in [-0.39, 0.29) is 11.8 Å². The third-order valence-corrected chi connectivity index (χ3v) is 4.07. The quantitative estimate of drug-likeness (QED) is 0.903. The van der Waals surface area contributed by atoms with Gasteiger partial charge >= 0.3 is 5.97 Å². The van der Waals surface area contributed by atoms with Crippen molar-refractivity contribution in [1.29, 1.82) is 0 Å². The highest BCUT2D eigenvalue weighted by molar-refractivity contribution is 5.68. The van der Waals surface area contributed by atoms with Crippen molar-refractivity contribution in [3.8, 4) is 0 Å². The fourth-order valence-corrected chi connectivity index (χ4v) is 3.15. The minimum absolute atomic E-state index is 0.106. The van der Waals surface area contributed by atoms with Gasteiger partial charge in [0.2, 0.25) is 0 Å². The highest BCUT2D eigenvalue weighted by Gasteiger charge is 2.33. The number of benzene rings is 1. The van der Waals surface area contributed by atoms with Crippen LogP contribution in [0, 0.1) is 5.41 Å². The fourth-order valence-electron chi connectivity index (χ4n) is 3.15. The van der Waals surface area contributed by atoms with Gasteiger partial charge in [-0.3, -0.25) is 4.79 Å². The Hall–Kier alpha value is -1.51. The van der Waals surface area contributed by atoms with Crippen LogP contribution in [-0.4, -0.2) is 24.2 Å². The van der Waals surface area contributed by atoms with E-state index in [1.165, 1.54) is 11.3 Å². The number of carboxylic acids is 1. The molecule has 1 unspecified atom stereocenters. The Labute approximate surface area is 115 Å². The Bertz CT molecular complexity index is 458. The molecule has 0 aliphatic carbocycles. The number of rotatable bonds is 4. The monoisotopic (exact) mass is 261 g/mol. The molecule has 3 heteroatoms. The summed E-state index contributed by atoms with van der Waals surface area (Å²) in [4.78, 5) is 13.4. The second-order valence-electron chi connectivity index (χ2n) is 5.89. The second-order valence-corrected chi connectivity index (χ2v) is 5.89. The van der Waals surface area contributed by atoms with Crippen molar-refractivity contribution in [3.63, 3.8) is 0 Å². The van der Waals surface area contributed by atoms with E-state index in [2.05, 4.69) is 43.0 Å². The van der Waals surface area contributed by atoms with Crippen molar-refractivity contribution < 1.29 is 9.90 Å². The smallest absolute Gasteiger partial charge is 0.303 e. The Morgan fingerprint density at radius 1 is 1.42 bits per heavy atom. The first kappa shape index (κ1) is 13.9. The third-order valence-electron chi connectivity index (χ3n) is 4.07. The van der Waals surface area contributed by atoms with Gasteiger partial charge in [-0.1, -0.05) is 32.0 Å². The Kier molecular flexibility index (Phi) is 4.13. The predicted octanol–water partition coefficient (Wildman–Crippen LogP) is 3.33. The van der Waals surface area contributed by atoms with Crippen LogP contribution in [0.3, 0.4) is 0 Å². The number of carboxylic acid groups (broad SMARTS) is 1. The third kappa shape index (κ3) is 3.28. The van der Waals surface area contributed by atoms with Gasteiger partial charge in [-0.25, -0.2) is 0 Å². The summed E-state index contributed by atoms with van der Waals surface area (Å²) in [5.74, 6) is -0.687. The maximum Gasteiger partial charge on any atom is 0.303 e. The van der Waals surface area contributed by atoms with Crippen LogP contribution in [0.25, 0.3) is 0 Å². The number of aryl methyl sites for hydroxylation is 1. The molecule has 0 spiro atoms. The lowest BCUT2D eigenvalue weighted by Crippen LogP contribution is -2.43. The summed E-state index contributed by atoms with van der Waals surface area (Å²) in [6.07, 6.45) is 3.35. The van der Waals surface area contributed by atoms with Crippen molar-refractivity contribution in [2.24, 2.45) is 5.41 Å². The maximum absolute atomic E-state index is 11.0. The van der Waals surface area contributed by atoms with Gasteiger partial charge in [0.15, 0.2) is 0 Å². The molecule has 0 aromatic heterocycles. The molecule has 1 aliphatic rings. The van der Waals surface area contributed by atoms with Crippen molar-refractivity contribution in [2.45, 2.75) is 39.5 Å². The Morgan fingerprint density at radius 2 is 2.16 bits per heavy atom. The van der Waals surface area contributed by atoms with E-state index in [0.717, 1.165) is 32.4 Å². The first-order valence-corrected chi connectivity index (χ1v) is 7.09. The lowest BCUT2D eigenvalue weighted by atomic mass is 9.79. The highest BCUT2D eigenvalue weighted by Crippen LogP contribution is 2.36. The van der Waals surface area contributed by atoms with Crippen LogP contribution in [0.2, 0.25) is 0 Å². The van der Waals surface area contributed by atoms with E-state index < -0.39 is 5.97 Å². The first-order chi connectivity index (χ1) is 9.04. The number of hydrogen-bond donors (Lipinski definition) is 1. The van der Waals surface area contributed by atoms with E-state index in [4.69, 9.17) is 5.11 Å². The largest absolute Gasteiger partial charge is 0.481 e. The molecule has 104 valence electrons. The van der Waals surface area contributed by atoms with Gasteiger partial charge in [0.25, 0.3) is 0 Å². The summed E-state index contributed by atoms with van der Waals surface area (Å²) in [6, 6.07) is 8.46. The van der Waals surface area contributed by atoms with E-state index in [0.29, 0.717) is 0 Å². The van der Waals surface area contributed by atoms with E-state index in [1.54, 1.807) is 0 Å². The van der Waals surface area contributed by atoms with Gasteiger partial charge in [-0.15, -0.1) is 0 Å². The minimum atomic E-state index is -0.687. The molecule has 0 radical (unpaired) electrons. The van der Waals surface area contributed by atoms with Crippen LogP contribution in [0.4, 0.5) is 5.69 Å². The number of piperidine rings is 1. The number of hydrogen-bond acceptors (Lipinski definition) is 2. The molecule has 0 amide bonds. The molecule has 0 bridgehead atoms. The number of carbonyl (C=O) groups is 1. The molecule has 1 fully saturated rings. The maximum atomic E-state index is 11.0. The van der Waals surface area contributed by atoms with Crippen LogP contribution in [0.15, 0.2) is 24.3 Å². The summed E-state index contributed by atoms with van der Waals surface area (Å²) in [7, 11) is 0. The average Bonchev–Trinajstić information content (AvgIpc) is 2.37. The zero-order chi connectivity index (χ0) is 13.9. The van der Waals surface area contributed by atoms with Crippen molar-refractivity contribution in [1.82, 2.24) is 0 Å². The van der Waals surface area contributed by atoms with E-state index in [9.17, 15) is 4.79 Å². The molecule has 1 aromatic carbocycles. The van der Waals surface area contributed by atoms with Gasteiger partial charge in [0.05, 0.1) is 6.42 Å². The highest BCUT2D eigenvalue weighted by atomic mass is 16.4. The summed E-state index contributed by atoms with van der Waals surface area (Å²) in [5, 5.41) is 9.07. The summed E-state index contributed by atoms with van der Waals surface area (Å²) >= 11 is 0. The van der Waals surface area contributed by atoms with Crippen LogP contribution in [-0.2, 0) is 11.2 Å². The number of anilines is 1. The van der Waals surface area contributed by atoms with Crippen molar-refractivity contribution in [2.75, 3.05) is 18.0 Å². The zero-order valence-corrected chi connectivity index (χ0v) is 11.9. The molecule has 1 aliphatic heterocycles. The summed E-state index contributed by atoms with van der Waals surface area (Å²) in [6.45, 7) is 6.14. The normalized spacial score (nSPS) is 23.4. The standard InChI is InChI=1S/C16H23NO2/c1-3-13-7-4-5-8-14(13)17-10-6-9-16(2,12-17)11-15(18)19/h4-5,7-8H,3,6,9-12H2,1-2H3,(H,18,19). The van der Waals surface area contributed by atoms with Gasteiger partial charge in [-0.05, 0) is 36.3 Å². The van der Waals surface area contributed by atoms with E-state index in [1.807, 2.05) is 0 Å². The van der Waals surface area contributed by atoms with Crippen LogP contribution >= 0.6 is 0 Å². The van der Waals surface area contributed by atoms with Gasteiger partial charge < -0.3 is 10.0 Å². The molecule has 1 atom stereocenters. The molecule has 2 rings (SSSR count). The first-order valence-electron chi connectivity index (χ1n) is 7.09. The van der Waals surface area contributed by atoms with Crippen molar-refractivity contribution >= 4 is 11.7 Å². The number of para-hydroxylation sites is 1. The average molecular weight is 261 g/mol. The van der Waals surface area contributed by atoms with Gasteiger partial charge in [0, 0.05) is 18.8 Å². The lowest BCUT2D eigenvalue weighted by Gasteiger charge is -2.41. The SMILES string of the molecule is CCc1ccccc1N1CCCC(C)(CC(=O)O)C1. The molecule has 1 heterocycles. The van der Waals surface area contributed by atoms with Crippen LogP contribution in [0.1, 0.15) is 38.7 Å². The van der Waals surface area contributed by atoms with Crippen LogP contribution < -0.4 is 4.90 Å². The molecular weight excluding hydrogens is 238 g/mol. The zero-order valence-electron chi connectivity index (χ0n) is 11.9. The second kappa shape index (κ2) is 5.64. The molecule has 3 nitrogen and oxygen atoms in total. The Morgan fingerprint density at radius 3 is 2.84 bits per heavy atom. The Balaban J connectivity index is 2.19. The lowest BCUT2D eigenvalue weighted by molar-refractivity contribution is -0.139. The molecule has 1 N–H and O–H groups in total. The van der Waals surface area contributed by atoms with Gasteiger partial charge in [-0.2, -0.15) is 0 Å². The van der Waals surface area contributed by atoms with Crippen molar-refractivity contribution in [3.05, 3.63) is 29.8 Å². The fraction of sp³-hybridized carbons (Fsp3) is 0.562. The van der Waals surface area contributed by atoms with Gasteiger partial charge in [0.1, 0.15) is 0 Å². The minimum Gasteiger partial charge on any atom is -0.481 e. The summed E-state index contributed by atoms with van der Waals surface area (Å²) < 4.78 is 0. The van der Waals surface area contributed by atoms with E-state index >= 15 is 0 Å². The molecule has 19 heavy (non-hydrogen) atoms. The molecular formula is C16H23NO2.